The Morgan fingerprint density at radius 3 is 2.55 bits per heavy atom. The second-order valence-electron chi connectivity index (χ2n) is 7.44. The summed E-state index contributed by atoms with van der Waals surface area (Å²) in [4.78, 5) is 25.6. The molecular weight excluding hydrogens is 439 g/mol. The van der Waals surface area contributed by atoms with Crippen molar-refractivity contribution in [2.45, 2.75) is 20.8 Å². The fourth-order valence-electron chi connectivity index (χ4n) is 3.06. The van der Waals surface area contributed by atoms with Crippen LogP contribution in [0.1, 0.15) is 20.8 Å². The van der Waals surface area contributed by atoms with Gasteiger partial charge in [-0.2, -0.15) is 0 Å². The molecule has 0 fully saturated rings. The second-order valence-corrected chi connectivity index (χ2v) is 8.36. The number of halogens is 2. The van der Waals surface area contributed by atoms with Crippen molar-refractivity contribution in [3.63, 3.8) is 0 Å². The zero-order chi connectivity index (χ0) is 21.6. The zero-order valence-electron chi connectivity index (χ0n) is 17.1. The van der Waals surface area contributed by atoms with E-state index in [9.17, 15) is 14.0 Å². The molecule has 0 saturated carbocycles. The van der Waals surface area contributed by atoms with Gasteiger partial charge in [-0.1, -0.05) is 28.1 Å². The molecule has 0 saturated heterocycles. The highest BCUT2D eigenvalue weighted by Crippen LogP contribution is 2.30. The number of amides is 1. The predicted octanol–water partition coefficient (Wildman–Crippen LogP) is 4.71. The Morgan fingerprint density at radius 2 is 1.93 bits per heavy atom. The lowest BCUT2D eigenvalue weighted by atomic mass is 9.93. The first-order chi connectivity index (χ1) is 13.6. The maximum atomic E-state index is 13.8. The topological polar surface area (TPSA) is 58.6 Å². The first-order valence-electron chi connectivity index (χ1n) is 9.27. The number of benzene rings is 2. The quantitative estimate of drug-likeness (QED) is 0.574. The van der Waals surface area contributed by atoms with E-state index in [4.69, 9.17) is 4.74 Å². The molecule has 0 spiro atoms. The molecule has 2 rings (SSSR count). The molecule has 0 heterocycles. The van der Waals surface area contributed by atoms with Crippen molar-refractivity contribution in [2.24, 2.45) is 5.41 Å². The molecule has 2 aromatic rings. The number of nitrogens with zero attached hydrogens (tertiary/aromatic N) is 1. The Morgan fingerprint density at radius 1 is 1.21 bits per heavy atom. The molecule has 0 unspecified atom stereocenters. The smallest absolute Gasteiger partial charge is 0.313 e. The maximum Gasteiger partial charge on any atom is 0.313 e. The standard InChI is InChI=1S/C22H26BrFN2O3/c1-15(27)26(14-22(2,3)21(28)29-4)11-10-25-20-9-8-18(24)13-19(20)16-6-5-7-17(23)12-16/h5-9,12-13,25H,10-11,14H2,1-4H3. The summed E-state index contributed by atoms with van der Waals surface area (Å²) in [6.45, 7) is 6.05. The van der Waals surface area contributed by atoms with E-state index < -0.39 is 5.41 Å². The third-order valence-electron chi connectivity index (χ3n) is 4.58. The number of carbonyl (C=O) groups excluding carboxylic acids is 2. The lowest BCUT2D eigenvalue weighted by Crippen LogP contribution is -2.43. The van der Waals surface area contributed by atoms with Crippen LogP contribution >= 0.6 is 15.9 Å². The Bertz CT molecular complexity index is 886. The van der Waals surface area contributed by atoms with Crippen LogP contribution in [0.2, 0.25) is 0 Å². The average molecular weight is 465 g/mol. The molecule has 0 aromatic heterocycles. The molecule has 0 radical (unpaired) electrons. The number of ether oxygens (including phenoxy) is 1. The number of nitrogens with one attached hydrogen (secondary N) is 1. The van der Waals surface area contributed by atoms with Crippen LogP contribution in [-0.4, -0.2) is 43.5 Å². The van der Waals surface area contributed by atoms with Crippen molar-refractivity contribution < 1.29 is 18.7 Å². The molecule has 0 atom stereocenters. The van der Waals surface area contributed by atoms with Crippen LogP contribution in [0.5, 0.6) is 0 Å². The zero-order valence-corrected chi connectivity index (χ0v) is 18.7. The number of methoxy groups -OCH3 is 1. The van der Waals surface area contributed by atoms with Gasteiger partial charge in [-0.15, -0.1) is 0 Å². The maximum absolute atomic E-state index is 13.8. The Hall–Kier alpha value is -2.41. The summed E-state index contributed by atoms with van der Waals surface area (Å²) in [5.74, 6) is -0.821. The second kappa shape index (κ2) is 9.87. The van der Waals surface area contributed by atoms with Crippen molar-refractivity contribution in [1.29, 1.82) is 0 Å². The first kappa shape index (κ1) is 22.9. The number of anilines is 1. The predicted molar refractivity (Wildman–Crippen MR) is 116 cm³/mol. The molecule has 2 aromatic carbocycles. The van der Waals surface area contributed by atoms with Crippen molar-refractivity contribution in [1.82, 2.24) is 4.90 Å². The summed E-state index contributed by atoms with van der Waals surface area (Å²) in [6, 6.07) is 12.2. The molecule has 156 valence electrons. The van der Waals surface area contributed by atoms with Crippen LogP contribution in [0.25, 0.3) is 11.1 Å². The number of esters is 1. The Balaban J connectivity index is 2.13. The lowest BCUT2D eigenvalue weighted by Gasteiger charge is -2.30. The molecule has 0 bridgehead atoms. The van der Waals surface area contributed by atoms with Gasteiger partial charge in [0, 0.05) is 42.3 Å². The summed E-state index contributed by atoms with van der Waals surface area (Å²) in [6.07, 6.45) is 0. The number of rotatable bonds is 8. The van der Waals surface area contributed by atoms with Crippen LogP contribution in [-0.2, 0) is 14.3 Å². The highest BCUT2D eigenvalue weighted by atomic mass is 79.9. The number of hydrogen-bond donors (Lipinski definition) is 1. The van der Waals surface area contributed by atoms with Crippen LogP contribution < -0.4 is 5.32 Å². The van der Waals surface area contributed by atoms with Gasteiger partial charge in [-0.05, 0) is 49.7 Å². The molecule has 7 heteroatoms. The minimum atomic E-state index is -0.808. The first-order valence-corrected chi connectivity index (χ1v) is 10.1. The summed E-state index contributed by atoms with van der Waals surface area (Å²) in [7, 11) is 1.34. The molecule has 0 aliphatic carbocycles. The Labute approximate surface area is 179 Å². The molecule has 0 aliphatic rings. The van der Waals surface area contributed by atoms with Gasteiger partial charge < -0.3 is 15.0 Å². The monoisotopic (exact) mass is 464 g/mol. The highest BCUT2D eigenvalue weighted by Gasteiger charge is 2.32. The summed E-state index contributed by atoms with van der Waals surface area (Å²) in [5.41, 5.74) is 1.56. The van der Waals surface area contributed by atoms with Gasteiger partial charge in [0.1, 0.15) is 5.82 Å². The van der Waals surface area contributed by atoms with Crippen LogP contribution in [0.15, 0.2) is 46.9 Å². The molecule has 5 nitrogen and oxygen atoms in total. The van der Waals surface area contributed by atoms with E-state index in [0.29, 0.717) is 13.1 Å². The minimum absolute atomic E-state index is 0.130. The minimum Gasteiger partial charge on any atom is -0.469 e. The largest absolute Gasteiger partial charge is 0.469 e. The molecule has 1 amide bonds. The van der Waals surface area contributed by atoms with Crippen LogP contribution in [0, 0.1) is 11.2 Å². The lowest BCUT2D eigenvalue weighted by molar-refractivity contribution is -0.152. The van der Waals surface area contributed by atoms with Crippen LogP contribution in [0.3, 0.4) is 0 Å². The third-order valence-corrected chi connectivity index (χ3v) is 5.08. The molecule has 0 aliphatic heterocycles. The molecular formula is C22H26BrFN2O3. The van der Waals surface area contributed by atoms with Crippen molar-refractivity contribution in [3.8, 4) is 11.1 Å². The van der Waals surface area contributed by atoms with Crippen molar-refractivity contribution in [2.75, 3.05) is 32.1 Å². The van der Waals surface area contributed by atoms with Gasteiger partial charge in [0.2, 0.25) is 5.91 Å². The average Bonchev–Trinajstić information content (AvgIpc) is 2.67. The van der Waals surface area contributed by atoms with Gasteiger partial charge in [0.15, 0.2) is 0 Å². The van der Waals surface area contributed by atoms with Crippen molar-refractivity contribution in [3.05, 3.63) is 52.8 Å². The summed E-state index contributed by atoms with van der Waals surface area (Å²) in [5, 5.41) is 3.28. The van der Waals surface area contributed by atoms with E-state index in [2.05, 4.69) is 21.2 Å². The number of carbonyl (C=O) groups is 2. The van der Waals surface area contributed by atoms with Gasteiger partial charge in [0.25, 0.3) is 0 Å². The van der Waals surface area contributed by atoms with Gasteiger partial charge in [-0.25, -0.2) is 4.39 Å². The van der Waals surface area contributed by atoms with Gasteiger partial charge in [0.05, 0.1) is 12.5 Å². The third kappa shape index (κ3) is 6.29. The van der Waals surface area contributed by atoms with E-state index in [1.54, 1.807) is 24.8 Å². The Kier molecular flexibility index (Phi) is 7.79. The number of hydrogen-bond acceptors (Lipinski definition) is 4. The van der Waals surface area contributed by atoms with Gasteiger partial charge >= 0.3 is 5.97 Å². The highest BCUT2D eigenvalue weighted by molar-refractivity contribution is 9.10. The molecule has 29 heavy (non-hydrogen) atoms. The summed E-state index contributed by atoms with van der Waals surface area (Å²) < 4.78 is 19.6. The van der Waals surface area contributed by atoms with E-state index in [-0.39, 0.29) is 24.2 Å². The van der Waals surface area contributed by atoms with Gasteiger partial charge in [-0.3, -0.25) is 9.59 Å². The molecule has 1 N–H and O–H groups in total. The van der Waals surface area contributed by atoms with E-state index in [1.165, 1.54) is 26.2 Å². The van der Waals surface area contributed by atoms with E-state index in [0.717, 1.165) is 21.3 Å². The van der Waals surface area contributed by atoms with Crippen molar-refractivity contribution >= 4 is 33.5 Å². The fraction of sp³-hybridized carbons (Fsp3) is 0.364. The van der Waals surface area contributed by atoms with E-state index >= 15 is 0 Å². The fourth-order valence-corrected chi connectivity index (χ4v) is 3.46. The van der Waals surface area contributed by atoms with Crippen LogP contribution in [0.4, 0.5) is 10.1 Å². The van der Waals surface area contributed by atoms with E-state index in [1.807, 2.05) is 24.3 Å². The summed E-state index contributed by atoms with van der Waals surface area (Å²) >= 11 is 3.44. The SMILES string of the molecule is COC(=O)C(C)(C)CN(CCNc1ccc(F)cc1-c1cccc(Br)c1)C(C)=O. The normalized spacial score (nSPS) is 11.1.